The Bertz CT molecular complexity index is 1760. The van der Waals surface area contributed by atoms with Gasteiger partial charge in [-0.3, -0.25) is 9.98 Å². The molecular formula is C38H46CuN4O8. The van der Waals surface area contributed by atoms with Crippen molar-refractivity contribution >= 4 is 47.5 Å². The molecule has 4 heterocycles. The minimum absolute atomic E-state index is 0. The summed E-state index contributed by atoms with van der Waals surface area (Å²) in [6.45, 7) is 22.7. The van der Waals surface area contributed by atoms with Crippen LogP contribution in [-0.2, 0) is 45.6 Å². The molecular weight excluding hydrogens is 704 g/mol. The van der Waals surface area contributed by atoms with Gasteiger partial charge in [0.15, 0.2) is 0 Å². The van der Waals surface area contributed by atoms with Gasteiger partial charge in [0.2, 0.25) is 0 Å². The third-order valence-electron chi connectivity index (χ3n) is 8.10. The second-order valence-electron chi connectivity index (χ2n) is 11.5. The van der Waals surface area contributed by atoms with Crippen molar-refractivity contribution in [1.82, 2.24) is 9.97 Å². The molecule has 0 spiro atoms. The van der Waals surface area contributed by atoms with E-state index >= 15 is 0 Å². The predicted octanol–water partition coefficient (Wildman–Crippen LogP) is 6.26. The van der Waals surface area contributed by atoms with Crippen molar-refractivity contribution in [3.8, 4) is 0 Å². The van der Waals surface area contributed by atoms with Gasteiger partial charge in [0, 0.05) is 11.1 Å². The zero-order valence-corrected chi connectivity index (χ0v) is 32.3. The van der Waals surface area contributed by atoms with Crippen molar-refractivity contribution < 1.29 is 55.2 Å². The maximum Gasteiger partial charge on any atom is 2.00 e. The molecule has 0 saturated heterocycles. The second-order valence-corrected chi connectivity index (χ2v) is 11.5. The minimum Gasteiger partial charge on any atom is -0.661 e. The van der Waals surface area contributed by atoms with E-state index in [1.807, 2.05) is 27.7 Å². The molecule has 0 aromatic carbocycles. The Labute approximate surface area is 310 Å². The molecule has 277 valence electrons. The van der Waals surface area contributed by atoms with Gasteiger partial charge < -0.3 is 28.9 Å². The van der Waals surface area contributed by atoms with Gasteiger partial charge in [0.25, 0.3) is 0 Å². The quantitative estimate of drug-likeness (QED) is 0.154. The minimum atomic E-state index is -0.375. The average Bonchev–Trinajstić information content (AvgIpc) is 3.68. The SMILES string of the molecule is CCOC(=O)C1=C(C)/C(=C/c2[n-]c(C)c(C(=O)OCC)c2C)N=C1C.CCOC(=O)C1=C(C)/C(=C/c2[n-]c(C)c(C(=O)OCC)c2C)N=C1C.[Cu+2]. The fourth-order valence-electron chi connectivity index (χ4n) is 5.72. The molecule has 0 saturated carbocycles. The van der Waals surface area contributed by atoms with E-state index in [0.29, 0.717) is 94.3 Å². The average molecular weight is 750 g/mol. The Morgan fingerprint density at radius 2 is 0.824 bits per heavy atom. The van der Waals surface area contributed by atoms with E-state index < -0.39 is 0 Å². The van der Waals surface area contributed by atoms with Crippen LogP contribution in [0.15, 0.2) is 43.7 Å². The molecule has 4 rings (SSSR count). The van der Waals surface area contributed by atoms with Crippen LogP contribution in [0.4, 0.5) is 0 Å². The molecule has 13 heteroatoms. The van der Waals surface area contributed by atoms with Gasteiger partial charge in [-0.05, 0) is 80.4 Å². The predicted molar refractivity (Wildman–Crippen MR) is 191 cm³/mol. The van der Waals surface area contributed by atoms with Crippen LogP contribution in [0.3, 0.4) is 0 Å². The largest absolute Gasteiger partial charge is 2.00 e. The van der Waals surface area contributed by atoms with Crippen LogP contribution in [0.2, 0.25) is 0 Å². The number of carbonyl (C=O) groups is 4. The maximum absolute atomic E-state index is 12.1. The summed E-state index contributed by atoms with van der Waals surface area (Å²) in [5.41, 5.74) is 9.99. The number of aromatic nitrogens is 2. The number of hydrogen-bond acceptors (Lipinski definition) is 10. The zero-order chi connectivity index (χ0) is 37.4. The van der Waals surface area contributed by atoms with Crippen molar-refractivity contribution in [2.24, 2.45) is 9.98 Å². The Kier molecular flexibility index (Phi) is 15.4. The summed E-state index contributed by atoms with van der Waals surface area (Å²) in [6.07, 6.45) is 3.58. The van der Waals surface area contributed by atoms with Crippen LogP contribution in [0.5, 0.6) is 0 Å². The number of esters is 4. The van der Waals surface area contributed by atoms with E-state index in [4.69, 9.17) is 18.9 Å². The van der Waals surface area contributed by atoms with Gasteiger partial charge in [-0.25, -0.2) is 19.2 Å². The van der Waals surface area contributed by atoms with Crippen molar-refractivity contribution in [3.05, 3.63) is 78.7 Å². The molecule has 0 atom stereocenters. The molecule has 0 unspecified atom stereocenters. The number of aliphatic imine (C=N–C) groups is 2. The Morgan fingerprint density at radius 1 is 0.529 bits per heavy atom. The summed E-state index contributed by atoms with van der Waals surface area (Å²) in [5, 5.41) is 0. The first kappa shape index (κ1) is 42.4. The number of nitrogens with zero attached hydrogens (tertiary/aromatic N) is 4. The van der Waals surface area contributed by atoms with Crippen molar-refractivity contribution in [1.29, 1.82) is 0 Å². The molecule has 0 fully saturated rings. The molecule has 0 bridgehead atoms. The van der Waals surface area contributed by atoms with Crippen LogP contribution < -0.4 is 9.97 Å². The second kappa shape index (κ2) is 18.5. The van der Waals surface area contributed by atoms with Gasteiger partial charge in [-0.2, -0.15) is 0 Å². The van der Waals surface area contributed by atoms with Gasteiger partial charge in [0.1, 0.15) is 0 Å². The summed E-state index contributed by atoms with van der Waals surface area (Å²) < 4.78 is 20.4. The van der Waals surface area contributed by atoms with Crippen LogP contribution >= 0.6 is 0 Å². The normalized spacial score (nSPS) is 15.3. The van der Waals surface area contributed by atoms with Crippen LogP contribution in [0, 0.1) is 27.7 Å². The Morgan fingerprint density at radius 3 is 1.12 bits per heavy atom. The molecule has 2 aromatic heterocycles. The third-order valence-corrected chi connectivity index (χ3v) is 8.10. The number of rotatable bonds is 10. The summed E-state index contributed by atoms with van der Waals surface area (Å²) in [6, 6.07) is 0. The van der Waals surface area contributed by atoms with E-state index in [9.17, 15) is 19.2 Å². The monoisotopic (exact) mass is 749 g/mol. The molecule has 2 aliphatic heterocycles. The number of hydrogen-bond donors (Lipinski definition) is 0. The molecule has 2 aromatic rings. The van der Waals surface area contributed by atoms with Crippen molar-refractivity contribution in [3.63, 3.8) is 0 Å². The first-order valence-electron chi connectivity index (χ1n) is 16.6. The number of allylic oxidation sites excluding steroid dienone is 2. The topological polar surface area (TPSA) is 158 Å². The van der Waals surface area contributed by atoms with Crippen molar-refractivity contribution in [2.75, 3.05) is 26.4 Å². The molecule has 51 heavy (non-hydrogen) atoms. The first-order valence-corrected chi connectivity index (χ1v) is 16.6. The number of aryl methyl sites for hydroxylation is 2. The molecule has 2 aliphatic rings. The van der Waals surface area contributed by atoms with Crippen LogP contribution in [0.1, 0.15) is 110 Å². The molecule has 1 radical (unpaired) electrons. The fourth-order valence-corrected chi connectivity index (χ4v) is 5.72. The summed E-state index contributed by atoms with van der Waals surface area (Å²) in [5.74, 6) is -1.50. The standard InChI is InChI=1S/2C19H24N2O4.Cu/c2*1-7-24-18(22)16-10(3)14(20-12(16)5)9-15-11(4)17(13(6)21-15)19(23)25-8-2;/h2*9H,7-8H2,1-6H3,(H,20,21,22,23);/q;;+2/p-2. The zero-order valence-electron chi connectivity index (χ0n) is 31.3. The molecule has 0 amide bonds. The summed E-state index contributed by atoms with van der Waals surface area (Å²) in [7, 11) is 0. The maximum atomic E-state index is 12.1. The van der Waals surface area contributed by atoms with Gasteiger partial charge in [-0.1, -0.05) is 37.1 Å². The van der Waals surface area contributed by atoms with Gasteiger partial charge in [0.05, 0.1) is 60.4 Å². The Hall–Kier alpha value is -4.74. The van der Waals surface area contributed by atoms with Crippen LogP contribution in [-0.4, -0.2) is 61.7 Å². The van der Waals surface area contributed by atoms with E-state index in [2.05, 4.69) is 20.0 Å². The molecule has 0 aliphatic carbocycles. The van der Waals surface area contributed by atoms with E-state index in [-0.39, 0.29) is 40.9 Å². The van der Waals surface area contributed by atoms with E-state index in [0.717, 1.165) is 22.3 Å². The summed E-state index contributed by atoms with van der Waals surface area (Å²) >= 11 is 0. The fraction of sp³-hybridized carbons (Fsp3) is 0.421. The smallest absolute Gasteiger partial charge is 0.661 e. The third kappa shape index (κ3) is 9.33. The molecule has 0 N–H and O–H groups in total. The number of ether oxygens (including phenoxy) is 4. The molecule has 12 nitrogen and oxygen atoms in total. The Balaban J connectivity index is 0.000000347. The summed E-state index contributed by atoms with van der Waals surface area (Å²) in [4.78, 5) is 66.2. The van der Waals surface area contributed by atoms with Gasteiger partial charge >= 0.3 is 40.9 Å². The number of carbonyl (C=O) groups excluding carboxylic acids is 4. The van der Waals surface area contributed by atoms with Gasteiger partial charge in [-0.15, -0.1) is 22.8 Å². The van der Waals surface area contributed by atoms with Crippen LogP contribution in [0.25, 0.3) is 12.2 Å². The first-order chi connectivity index (χ1) is 23.6. The van der Waals surface area contributed by atoms with Crippen molar-refractivity contribution in [2.45, 2.75) is 83.1 Å². The van der Waals surface area contributed by atoms with E-state index in [1.54, 1.807) is 67.5 Å². The van der Waals surface area contributed by atoms with E-state index in [1.165, 1.54) is 0 Å².